The number of carbonyl (C=O) groups excluding carboxylic acids is 1. The van der Waals surface area contributed by atoms with Gasteiger partial charge >= 0.3 is 0 Å². The van der Waals surface area contributed by atoms with E-state index in [9.17, 15) is 4.79 Å². The molecule has 1 N–H and O–H groups in total. The zero-order valence-electron chi connectivity index (χ0n) is 16.0. The number of benzene rings is 3. The van der Waals surface area contributed by atoms with E-state index in [0.29, 0.717) is 33.7 Å². The third-order valence-corrected chi connectivity index (χ3v) is 4.36. The molecule has 0 unspecified atom stereocenters. The Morgan fingerprint density at radius 3 is 2.28 bits per heavy atom. The molecule has 29 heavy (non-hydrogen) atoms. The lowest BCUT2D eigenvalue weighted by molar-refractivity contribution is -0.111. The first-order valence-corrected chi connectivity index (χ1v) is 9.21. The normalized spacial score (nSPS) is 10.6. The number of anilines is 1. The van der Waals surface area contributed by atoms with Gasteiger partial charge in [-0.05, 0) is 36.4 Å². The topological polar surface area (TPSA) is 56.8 Å². The molecule has 0 aliphatic carbocycles. The fraction of sp³-hybridized carbons (Fsp3) is 0.0870. The van der Waals surface area contributed by atoms with Crippen LogP contribution in [0.5, 0.6) is 23.0 Å². The van der Waals surface area contributed by atoms with Crippen molar-refractivity contribution in [3.63, 3.8) is 0 Å². The average molecular weight is 410 g/mol. The van der Waals surface area contributed by atoms with E-state index < -0.39 is 0 Å². The van der Waals surface area contributed by atoms with Gasteiger partial charge in [0.2, 0.25) is 5.91 Å². The van der Waals surface area contributed by atoms with E-state index in [4.69, 9.17) is 25.8 Å². The van der Waals surface area contributed by atoms with Gasteiger partial charge in [0.25, 0.3) is 0 Å². The van der Waals surface area contributed by atoms with Gasteiger partial charge in [-0.3, -0.25) is 4.79 Å². The molecule has 5 nitrogen and oxygen atoms in total. The predicted octanol–water partition coefficient (Wildman–Crippen LogP) is 5.80. The van der Waals surface area contributed by atoms with Crippen LogP contribution in [0.25, 0.3) is 6.08 Å². The first-order valence-electron chi connectivity index (χ1n) is 8.84. The Hall–Kier alpha value is -3.44. The monoisotopic (exact) mass is 409 g/mol. The van der Waals surface area contributed by atoms with Gasteiger partial charge in [-0.25, -0.2) is 0 Å². The van der Waals surface area contributed by atoms with Crippen molar-refractivity contribution in [1.82, 2.24) is 0 Å². The number of ether oxygens (including phenoxy) is 3. The molecule has 0 saturated heterocycles. The number of nitrogens with one attached hydrogen (secondary N) is 1. The Kier molecular flexibility index (Phi) is 6.76. The van der Waals surface area contributed by atoms with Crippen LogP contribution >= 0.6 is 11.6 Å². The van der Waals surface area contributed by atoms with Gasteiger partial charge in [-0.1, -0.05) is 48.0 Å². The number of amides is 1. The molecule has 3 aromatic rings. The second kappa shape index (κ2) is 9.66. The van der Waals surface area contributed by atoms with E-state index in [2.05, 4.69) is 5.32 Å². The Morgan fingerprint density at radius 1 is 0.862 bits per heavy atom. The highest BCUT2D eigenvalue weighted by atomic mass is 35.5. The molecule has 0 spiro atoms. The summed E-state index contributed by atoms with van der Waals surface area (Å²) in [4.78, 5) is 12.5. The number of methoxy groups -OCH3 is 2. The van der Waals surface area contributed by atoms with Crippen molar-refractivity contribution in [1.29, 1.82) is 0 Å². The van der Waals surface area contributed by atoms with Crippen LogP contribution in [0.4, 0.5) is 5.69 Å². The van der Waals surface area contributed by atoms with Gasteiger partial charge in [-0.15, -0.1) is 0 Å². The summed E-state index contributed by atoms with van der Waals surface area (Å²) in [6.07, 6.45) is 3.08. The number of rotatable bonds is 7. The van der Waals surface area contributed by atoms with Gasteiger partial charge < -0.3 is 19.5 Å². The van der Waals surface area contributed by atoms with Gasteiger partial charge in [0, 0.05) is 11.6 Å². The maximum atomic E-state index is 12.5. The quantitative estimate of drug-likeness (QED) is 0.501. The zero-order valence-corrected chi connectivity index (χ0v) is 16.8. The molecule has 0 radical (unpaired) electrons. The maximum Gasteiger partial charge on any atom is 0.248 e. The number of hydrogen-bond acceptors (Lipinski definition) is 4. The molecule has 6 heteroatoms. The highest BCUT2D eigenvalue weighted by molar-refractivity contribution is 6.32. The number of para-hydroxylation sites is 4. The molecule has 0 aromatic heterocycles. The number of halogens is 1. The minimum Gasteiger partial charge on any atom is -0.493 e. The Balaban J connectivity index is 1.77. The van der Waals surface area contributed by atoms with E-state index in [1.54, 1.807) is 50.6 Å². The van der Waals surface area contributed by atoms with E-state index in [0.717, 1.165) is 5.56 Å². The molecule has 0 bridgehead atoms. The second-order valence-corrected chi connectivity index (χ2v) is 6.34. The molecular formula is C23H20ClNO4. The summed E-state index contributed by atoms with van der Waals surface area (Å²) in [7, 11) is 3.12. The van der Waals surface area contributed by atoms with Crippen LogP contribution in [0.15, 0.2) is 72.8 Å². The summed E-state index contributed by atoms with van der Waals surface area (Å²) in [6, 6.07) is 19.7. The number of hydrogen-bond donors (Lipinski definition) is 1. The first kappa shape index (κ1) is 20.3. The maximum absolute atomic E-state index is 12.5. The van der Waals surface area contributed by atoms with Crippen molar-refractivity contribution in [2.45, 2.75) is 0 Å². The Morgan fingerprint density at radius 2 is 1.55 bits per heavy atom. The van der Waals surface area contributed by atoms with Crippen molar-refractivity contribution in [3.05, 3.63) is 83.4 Å². The molecule has 0 fully saturated rings. The largest absolute Gasteiger partial charge is 0.493 e. The molecule has 0 aliphatic heterocycles. The highest BCUT2D eigenvalue weighted by Crippen LogP contribution is 2.34. The lowest BCUT2D eigenvalue weighted by Crippen LogP contribution is -2.08. The molecule has 1 amide bonds. The van der Waals surface area contributed by atoms with Gasteiger partial charge in [0.1, 0.15) is 5.75 Å². The van der Waals surface area contributed by atoms with E-state index in [1.165, 1.54) is 6.08 Å². The summed E-state index contributed by atoms with van der Waals surface area (Å²) in [5.41, 5.74) is 1.25. The lowest BCUT2D eigenvalue weighted by Gasteiger charge is -2.12. The fourth-order valence-electron chi connectivity index (χ4n) is 2.69. The van der Waals surface area contributed by atoms with Crippen LogP contribution in [0.2, 0.25) is 5.02 Å². The highest BCUT2D eigenvalue weighted by Gasteiger charge is 2.10. The molecule has 3 rings (SSSR count). The molecule has 0 saturated carbocycles. The van der Waals surface area contributed by atoms with Crippen molar-refractivity contribution in [2.75, 3.05) is 19.5 Å². The molecular weight excluding hydrogens is 390 g/mol. The lowest BCUT2D eigenvalue weighted by atomic mass is 10.1. The van der Waals surface area contributed by atoms with Crippen molar-refractivity contribution >= 4 is 29.3 Å². The minimum absolute atomic E-state index is 0.315. The molecule has 3 aromatic carbocycles. The van der Waals surface area contributed by atoms with Gasteiger partial charge in [0.15, 0.2) is 17.2 Å². The fourth-order valence-corrected chi connectivity index (χ4v) is 2.86. The molecule has 0 atom stereocenters. The van der Waals surface area contributed by atoms with Crippen LogP contribution in [0.1, 0.15) is 5.56 Å². The van der Waals surface area contributed by atoms with Crippen LogP contribution < -0.4 is 19.5 Å². The SMILES string of the molecule is COc1cccc(/C=C/C(=O)Nc2ccccc2Oc2ccccc2Cl)c1OC. The summed E-state index contributed by atoms with van der Waals surface area (Å²) in [5, 5.41) is 3.31. The standard InChI is InChI=1S/C23H20ClNO4/c1-27-21-13-7-8-16(23(21)28-2)14-15-22(26)25-18-10-4-6-12-20(18)29-19-11-5-3-9-17(19)24/h3-15H,1-2H3,(H,25,26)/b15-14+. The smallest absolute Gasteiger partial charge is 0.248 e. The van der Waals surface area contributed by atoms with Crippen LogP contribution in [0, 0.1) is 0 Å². The third-order valence-electron chi connectivity index (χ3n) is 4.05. The number of carbonyl (C=O) groups is 1. The van der Waals surface area contributed by atoms with Gasteiger partial charge in [0.05, 0.1) is 24.9 Å². The van der Waals surface area contributed by atoms with Crippen LogP contribution in [-0.2, 0) is 4.79 Å². The van der Waals surface area contributed by atoms with Crippen molar-refractivity contribution in [3.8, 4) is 23.0 Å². The summed E-state index contributed by atoms with van der Waals surface area (Å²) in [5.74, 6) is 1.83. The second-order valence-electron chi connectivity index (χ2n) is 5.93. The van der Waals surface area contributed by atoms with Gasteiger partial charge in [-0.2, -0.15) is 0 Å². The summed E-state index contributed by atoms with van der Waals surface area (Å²) in [6.45, 7) is 0. The summed E-state index contributed by atoms with van der Waals surface area (Å²) >= 11 is 6.16. The van der Waals surface area contributed by atoms with E-state index in [1.807, 2.05) is 36.4 Å². The van der Waals surface area contributed by atoms with E-state index >= 15 is 0 Å². The van der Waals surface area contributed by atoms with Crippen molar-refractivity contribution in [2.24, 2.45) is 0 Å². The molecule has 0 aliphatic rings. The average Bonchev–Trinajstić information content (AvgIpc) is 2.74. The zero-order chi connectivity index (χ0) is 20.6. The Bertz CT molecular complexity index is 1030. The van der Waals surface area contributed by atoms with Crippen LogP contribution in [-0.4, -0.2) is 20.1 Å². The summed E-state index contributed by atoms with van der Waals surface area (Å²) < 4.78 is 16.5. The Labute approximate surface area is 174 Å². The molecule has 148 valence electrons. The molecule has 0 heterocycles. The first-order chi connectivity index (χ1) is 14.1. The third kappa shape index (κ3) is 5.09. The van der Waals surface area contributed by atoms with Crippen molar-refractivity contribution < 1.29 is 19.0 Å². The predicted molar refractivity (Wildman–Crippen MR) is 115 cm³/mol. The minimum atomic E-state index is -0.315. The van der Waals surface area contributed by atoms with Crippen LogP contribution in [0.3, 0.4) is 0 Å². The van der Waals surface area contributed by atoms with E-state index in [-0.39, 0.29) is 5.91 Å².